The van der Waals surface area contributed by atoms with Crippen molar-refractivity contribution in [2.45, 2.75) is 76.7 Å². The first-order chi connectivity index (χ1) is 22.9. The fourth-order valence-corrected chi connectivity index (χ4v) is 2.65. The van der Waals surface area contributed by atoms with E-state index in [0.29, 0.717) is 0 Å². The zero-order valence-corrected chi connectivity index (χ0v) is 31.9. The van der Waals surface area contributed by atoms with Crippen molar-refractivity contribution in [3.8, 4) is 0 Å². The van der Waals surface area contributed by atoms with E-state index in [2.05, 4.69) is 97.1 Å². The van der Waals surface area contributed by atoms with E-state index in [1.807, 2.05) is 106 Å². The summed E-state index contributed by atoms with van der Waals surface area (Å²) < 4.78 is 0. The number of benzene rings is 5. The lowest BCUT2D eigenvalue weighted by Gasteiger charge is -1.92. The van der Waals surface area contributed by atoms with E-state index < -0.39 is 0 Å². The van der Waals surface area contributed by atoms with Crippen molar-refractivity contribution in [2.75, 3.05) is 35.5 Å². The molecule has 5 aromatic carbocycles. The highest BCUT2D eigenvalue weighted by Crippen LogP contribution is 2.12. The Hall–Kier alpha value is -3.58. The van der Waals surface area contributed by atoms with Crippen LogP contribution in [0.25, 0.3) is 21.5 Å². The lowest BCUT2D eigenvalue weighted by atomic mass is 10.1. The Kier molecular flexibility index (Phi) is 110. The zero-order valence-electron chi connectivity index (χ0n) is 31.9. The van der Waals surface area contributed by atoms with Gasteiger partial charge < -0.3 is 25.5 Å². The Morgan fingerprint density at radius 1 is 0.213 bits per heavy atom. The molecule has 5 heteroatoms. The lowest BCUT2D eigenvalue weighted by Crippen LogP contribution is -1.67. The van der Waals surface area contributed by atoms with Crippen LogP contribution in [0.4, 0.5) is 0 Å². The van der Waals surface area contributed by atoms with Gasteiger partial charge in [-0.05, 0) is 21.5 Å². The summed E-state index contributed by atoms with van der Waals surface area (Å²) in [4.78, 5) is 0. The fourth-order valence-electron chi connectivity index (χ4n) is 2.65. The van der Waals surface area contributed by atoms with Gasteiger partial charge in [-0.2, -0.15) is 0 Å². The van der Waals surface area contributed by atoms with Crippen LogP contribution in [0.1, 0.15) is 76.7 Å². The Balaban J connectivity index is -0.0000000523. The fraction of sp³-hybridized carbons (Fsp3) is 0.381. The van der Waals surface area contributed by atoms with E-state index in [4.69, 9.17) is 25.5 Å². The first-order valence-electron chi connectivity index (χ1n) is 16.0. The van der Waals surface area contributed by atoms with Crippen LogP contribution in [0.3, 0.4) is 0 Å². The highest BCUT2D eigenvalue weighted by Gasteiger charge is 1.86. The van der Waals surface area contributed by atoms with Gasteiger partial charge in [-0.15, -0.1) is 0 Å². The summed E-state index contributed by atoms with van der Waals surface area (Å²) in [7, 11) is 5.00. The molecular formula is C42H76O5. The number of aliphatic hydroxyl groups excluding tert-OH is 5. The average Bonchev–Trinajstić information content (AvgIpc) is 3.24. The zero-order chi connectivity index (χ0) is 37.9. The van der Waals surface area contributed by atoms with Gasteiger partial charge in [0.15, 0.2) is 0 Å². The molecule has 274 valence electrons. The van der Waals surface area contributed by atoms with Crippen LogP contribution in [0.15, 0.2) is 133 Å². The molecule has 5 nitrogen and oxygen atoms in total. The minimum atomic E-state index is 0. The van der Waals surface area contributed by atoms with Crippen molar-refractivity contribution in [1.82, 2.24) is 0 Å². The topological polar surface area (TPSA) is 101 Å². The second-order valence-electron chi connectivity index (χ2n) is 5.85. The summed E-state index contributed by atoms with van der Waals surface area (Å²) in [5.74, 6) is 0. The first-order valence-corrected chi connectivity index (χ1v) is 16.0. The number of fused-ring (bicyclic) bond motifs is 2. The van der Waals surface area contributed by atoms with Crippen LogP contribution in [0, 0.1) is 0 Å². The van der Waals surface area contributed by atoms with E-state index >= 15 is 0 Å². The third-order valence-electron chi connectivity index (χ3n) is 3.98. The summed E-state index contributed by atoms with van der Waals surface area (Å²) in [5, 5.41) is 40.2. The minimum Gasteiger partial charge on any atom is -0.400 e. The van der Waals surface area contributed by atoms with Gasteiger partial charge in [-0.1, -0.05) is 210 Å². The van der Waals surface area contributed by atoms with Crippen LogP contribution in [0.5, 0.6) is 0 Å². The van der Waals surface area contributed by atoms with Crippen molar-refractivity contribution in [2.24, 2.45) is 0 Å². The van der Waals surface area contributed by atoms with Crippen LogP contribution < -0.4 is 0 Å². The SMILES string of the molecule is C.CC.CC.CC.CC.CC.CO.CO.CO.CO.CO.c1ccc2ccccc2c1.c1ccc2ccccc2c1.c1ccccc1. The summed E-state index contributed by atoms with van der Waals surface area (Å²) in [6.45, 7) is 20.0. The molecule has 0 fully saturated rings. The molecule has 5 N–H and O–H groups in total. The largest absolute Gasteiger partial charge is 0.400 e. The molecule has 5 rings (SSSR count). The molecule has 0 aliphatic carbocycles. The highest BCUT2D eigenvalue weighted by molar-refractivity contribution is 5.82. The van der Waals surface area contributed by atoms with Gasteiger partial charge in [0.25, 0.3) is 0 Å². The van der Waals surface area contributed by atoms with Gasteiger partial charge in [-0.25, -0.2) is 0 Å². The van der Waals surface area contributed by atoms with E-state index in [0.717, 1.165) is 35.5 Å². The molecule has 0 atom stereocenters. The van der Waals surface area contributed by atoms with Crippen molar-refractivity contribution in [3.63, 3.8) is 0 Å². The average molecular weight is 661 g/mol. The normalized spacial score (nSPS) is 6.55. The number of aliphatic hydroxyl groups is 5. The Bertz CT molecular complexity index is 827. The van der Waals surface area contributed by atoms with Gasteiger partial charge in [0, 0.05) is 35.5 Å². The monoisotopic (exact) mass is 661 g/mol. The van der Waals surface area contributed by atoms with Crippen LogP contribution in [0.2, 0.25) is 0 Å². The quantitative estimate of drug-likeness (QED) is 0.114. The molecule has 0 saturated carbocycles. The van der Waals surface area contributed by atoms with Gasteiger partial charge in [-0.3, -0.25) is 0 Å². The van der Waals surface area contributed by atoms with Crippen molar-refractivity contribution in [3.05, 3.63) is 133 Å². The minimum absolute atomic E-state index is 0. The van der Waals surface area contributed by atoms with Crippen LogP contribution in [-0.4, -0.2) is 61.1 Å². The molecule has 0 aliphatic rings. The third kappa shape index (κ3) is 47.0. The maximum atomic E-state index is 7.00. The Morgan fingerprint density at radius 3 is 0.383 bits per heavy atom. The van der Waals surface area contributed by atoms with Crippen molar-refractivity contribution in [1.29, 1.82) is 0 Å². The maximum absolute atomic E-state index is 7.00. The lowest BCUT2D eigenvalue weighted by molar-refractivity contribution is 0.399. The number of rotatable bonds is 0. The summed E-state index contributed by atoms with van der Waals surface area (Å²) >= 11 is 0. The van der Waals surface area contributed by atoms with Crippen LogP contribution >= 0.6 is 0 Å². The molecule has 47 heavy (non-hydrogen) atoms. The third-order valence-corrected chi connectivity index (χ3v) is 3.98. The van der Waals surface area contributed by atoms with Gasteiger partial charge in [0.05, 0.1) is 0 Å². The van der Waals surface area contributed by atoms with Crippen molar-refractivity contribution < 1.29 is 25.5 Å². The van der Waals surface area contributed by atoms with E-state index in [1.54, 1.807) is 0 Å². The highest BCUT2D eigenvalue weighted by atomic mass is 16.2. The second kappa shape index (κ2) is 78.6. The number of hydrogen-bond donors (Lipinski definition) is 5. The van der Waals surface area contributed by atoms with E-state index in [9.17, 15) is 0 Å². The molecule has 0 spiro atoms. The summed E-state index contributed by atoms with van der Waals surface area (Å²) in [6, 6.07) is 45.4. The smallest absolute Gasteiger partial charge is 0.0319 e. The van der Waals surface area contributed by atoms with Gasteiger partial charge in [0.2, 0.25) is 0 Å². The predicted molar refractivity (Wildman–Crippen MR) is 219 cm³/mol. The molecule has 0 aliphatic heterocycles. The first kappa shape index (κ1) is 65.9. The predicted octanol–water partition coefficient (Wildman–Crippen LogP) is 11.2. The number of hydrogen-bond acceptors (Lipinski definition) is 5. The Labute approximate surface area is 292 Å². The van der Waals surface area contributed by atoms with Crippen LogP contribution in [-0.2, 0) is 0 Å². The molecule has 0 bridgehead atoms. The Morgan fingerprint density at radius 2 is 0.298 bits per heavy atom. The summed E-state index contributed by atoms with van der Waals surface area (Å²) in [6.07, 6.45) is 0. The van der Waals surface area contributed by atoms with E-state index in [1.165, 1.54) is 21.5 Å². The second-order valence-corrected chi connectivity index (χ2v) is 5.85. The molecule has 0 heterocycles. The molecular weight excluding hydrogens is 584 g/mol. The summed E-state index contributed by atoms with van der Waals surface area (Å²) in [5.41, 5.74) is 0. The molecule has 0 aromatic heterocycles. The maximum Gasteiger partial charge on any atom is 0.0319 e. The van der Waals surface area contributed by atoms with E-state index in [-0.39, 0.29) is 7.43 Å². The molecule has 0 radical (unpaired) electrons. The molecule has 0 amide bonds. The molecule has 0 saturated heterocycles. The van der Waals surface area contributed by atoms with Crippen molar-refractivity contribution >= 4 is 21.5 Å². The molecule has 5 aromatic rings. The van der Waals surface area contributed by atoms with Gasteiger partial charge in [0.1, 0.15) is 0 Å². The standard InChI is InChI=1S/2C10H8.C6H6.5C2H6.5CH4O.CH4/c2*1-2-6-10-8-4-3-7-9(10)5-1;1-2-4-6-5-3-1;10*1-2;/h2*1-8H;1-6H;5*1-2H3;5*2H,1H3;1H4. The molecule has 0 unspecified atom stereocenters. The van der Waals surface area contributed by atoms with Gasteiger partial charge >= 0.3 is 0 Å².